The molecule has 0 fully saturated rings. The lowest BCUT2D eigenvalue weighted by atomic mass is 10.2. The maximum Gasteiger partial charge on any atom is 0.278 e. The number of carbonyl (C=O) groups is 1. The van der Waals surface area contributed by atoms with Gasteiger partial charge in [0, 0.05) is 43.3 Å². The summed E-state index contributed by atoms with van der Waals surface area (Å²) in [6, 6.07) is 19.1. The van der Waals surface area contributed by atoms with Gasteiger partial charge in [-0.15, -0.1) is 0 Å². The number of aromatic nitrogens is 5. The van der Waals surface area contributed by atoms with Crippen molar-refractivity contribution in [1.82, 2.24) is 24.8 Å². The monoisotopic (exact) mass is 453 g/mol. The molecule has 0 radical (unpaired) electrons. The van der Waals surface area contributed by atoms with Crippen molar-refractivity contribution >= 4 is 22.9 Å². The number of anilines is 2. The average Bonchev–Trinajstić information content (AvgIpc) is 3.53. The molecule has 3 heterocycles. The van der Waals surface area contributed by atoms with E-state index in [9.17, 15) is 4.79 Å². The lowest BCUT2D eigenvalue weighted by Crippen LogP contribution is -2.21. The Morgan fingerprint density at radius 1 is 1.15 bits per heavy atom. The molecular formula is C25H23N7O2. The SMILES string of the molecule is COc1cccc(NC(=O)c2nn3c(-c4cn[nH]c4)ccnc3c2N(C)Cc2ccccc2)c1. The van der Waals surface area contributed by atoms with Gasteiger partial charge in [-0.3, -0.25) is 9.89 Å². The number of H-pyrrole nitrogens is 1. The highest BCUT2D eigenvalue weighted by molar-refractivity contribution is 6.09. The van der Waals surface area contributed by atoms with Gasteiger partial charge in [0.2, 0.25) is 0 Å². The Morgan fingerprint density at radius 3 is 2.76 bits per heavy atom. The van der Waals surface area contributed by atoms with E-state index >= 15 is 0 Å². The van der Waals surface area contributed by atoms with Crippen molar-refractivity contribution < 1.29 is 9.53 Å². The van der Waals surface area contributed by atoms with Gasteiger partial charge >= 0.3 is 0 Å². The number of hydrogen-bond acceptors (Lipinski definition) is 6. The van der Waals surface area contributed by atoms with E-state index in [1.165, 1.54) is 0 Å². The van der Waals surface area contributed by atoms with E-state index in [1.807, 2.05) is 60.5 Å². The van der Waals surface area contributed by atoms with Crippen LogP contribution in [0.2, 0.25) is 0 Å². The Balaban J connectivity index is 1.60. The normalized spacial score (nSPS) is 10.9. The minimum absolute atomic E-state index is 0.268. The van der Waals surface area contributed by atoms with Crippen LogP contribution in [0.1, 0.15) is 16.1 Å². The smallest absolute Gasteiger partial charge is 0.278 e. The number of hydrogen-bond donors (Lipinski definition) is 2. The van der Waals surface area contributed by atoms with Gasteiger partial charge in [-0.2, -0.15) is 10.2 Å². The predicted octanol–water partition coefficient (Wildman–Crippen LogP) is 4.02. The predicted molar refractivity (Wildman–Crippen MR) is 130 cm³/mol. The number of fused-ring (bicyclic) bond motifs is 1. The first-order chi connectivity index (χ1) is 16.6. The van der Waals surface area contributed by atoms with Gasteiger partial charge in [-0.1, -0.05) is 36.4 Å². The van der Waals surface area contributed by atoms with Crippen LogP contribution >= 0.6 is 0 Å². The van der Waals surface area contributed by atoms with Crippen molar-refractivity contribution in [3.05, 3.63) is 90.5 Å². The van der Waals surface area contributed by atoms with Crippen LogP contribution in [0.3, 0.4) is 0 Å². The molecule has 5 aromatic rings. The summed E-state index contributed by atoms with van der Waals surface area (Å²) in [5.41, 5.74) is 4.81. The Morgan fingerprint density at radius 2 is 2.00 bits per heavy atom. The van der Waals surface area contributed by atoms with Crippen molar-refractivity contribution in [2.75, 3.05) is 24.4 Å². The van der Waals surface area contributed by atoms with Crippen molar-refractivity contribution in [2.45, 2.75) is 6.54 Å². The minimum Gasteiger partial charge on any atom is -0.497 e. The van der Waals surface area contributed by atoms with Crippen LogP contribution in [-0.4, -0.2) is 44.9 Å². The van der Waals surface area contributed by atoms with Crippen molar-refractivity contribution in [3.8, 4) is 17.0 Å². The Hall–Kier alpha value is -4.66. The number of nitrogens with zero attached hydrogens (tertiary/aromatic N) is 5. The molecule has 0 saturated heterocycles. The molecule has 0 atom stereocenters. The van der Waals surface area contributed by atoms with Crippen molar-refractivity contribution in [1.29, 1.82) is 0 Å². The molecule has 0 aliphatic rings. The summed E-state index contributed by atoms with van der Waals surface area (Å²) in [4.78, 5) is 20.0. The van der Waals surface area contributed by atoms with E-state index in [4.69, 9.17) is 9.84 Å². The Labute approximate surface area is 196 Å². The second-order valence-electron chi connectivity index (χ2n) is 7.78. The fraction of sp³-hybridized carbons (Fsp3) is 0.120. The number of amides is 1. The molecule has 170 valence electrons. The van der Waals surface area contributed by atoms with Gasteiger partial charge < -0.3 is 15.0 Å². The fourth-order valence-electron chi connectivity index (χ4n) is 3.88. The molecule has 0 aliphatic heterocycles. The van der Waals surface area contributed by atoms with Crippen LogP contribution in [0.15, 0.2) is 79.3 Å². The van der Waals surface area contributed by atoms with Gasteiger partial charge in [-0.25, -0.2) is 9.50 Å². The summed E-state index contributed by atoms with van der Waals surface area (Å²) in [5.74, 6) is 0.310. The number of nitrogens with one attached hydrogen (secondary N) is 2. The molecule has 0 saturated carbocycles. The first-order valence-electron chi connectivity index (χ1n) is 10.7. The van der Waals surface area contributed by atoms with E-state index in [0.29, 0.717) is 29.3 Å². The maximum absolute atomic E-state index is 13.5. The number of methoxy groups -OCH3 is 1. The topological polar surface area (TPSA) is 100 Å². The molecule has 34 heavy (non-hydrogen) atoms. The molecule has 0 spiro atoms. The van der Waals surface area contributed by atoms with Gasteiger partial charge in [0.1, 0.15) is 11.4 Å². The molecule has 0 unspecified atom stereocenters. The Bertz CT molecular complexity index is 1430. The third-order valence-electron chi connectivity index (χ3n) is 5.48. The average molecular weight is 454 g/mol. The largest absolute Gasteiger partial charge is 0.497 e. The van der Waals surface area contributed by atoms with E-state index in [-0.39, 0.29) is 11.6 Å². The minimum atomic E-state index is -0.341. The van der Waals surface area contributed by atoms with Crippen LogP contribution in [0, 0.1) is 0 Å². The molecule has 0 bridgehead atoms. The second kappa shape index (κ2) is 9.07. The first kappa shape index (κ1) is 21.2. The van der Waals surface area contributed by atoms with Crippen LogP contribution in [0.25, 0.3) is 16.9 Å². The zero-order valence-corrected chi connectivity index (χ0v) is 18.8. The van der Waals surface area contributed by atoms with E-state index < -0.39 is 0 Å². The number of ether oxygens (including phenoxy) is 1. The van der Waals surface area contributed by atoms with Crippen LogP contribution < -0.4 is 15.0 Å². The number of rotatable bonds is 7. The van der Waals surface area contributed by atoms with Crippen molar-refractivity contribution in [2.24, 2.45) is 0 Å². The lowest BCUT2D eigenvalue weighted by Gasteiger charge is -2.19. The summed E-state index contributed by atoms with van der Waals surface area (Å²) >= 11 is 0. The van der Waals surface area contributed by atoms with E-state index in [0.717, 1.165) is 16.8 Å². The van der Waals surface area contributed by atoms with E-state index in [1.54, 1.807) is 42.3 Å². The molecule has 2 aromatic carbocycles. The molecular weight excluding hydrogens is 430 g/mol. The number of benzene rings is 2. The fourth-order valence-corrected chi connectivity index (χ4v) is 3.88. The maximum atomic E-state index is 13.5. The standard InChI is InChI=1S/C25H23N7O2/c1-31(16-17-7-4-3-5-8-17)23-22(25(33)29-19-9-6-10-20(13-19)34-2)30-32-21(11-12-26-24(23)32)18-14-27-28-15-18/h3-15H,16H2,1-2H3,(H,27,28)(H,29,33). The highest BCUT2D eigenvalue weighted by Crippen LogP contribution is 2.30. The third-order valence-corrected chi connectivity index (χ3v) is 5.48. The summed E-state index contributed by atoms with van der Waals surface area (Å²) in [5, 5.41) is 14.5. The molecule has 9 heteroatoms. The molecule has 3 aromatic heterocycles. The highest BCUT2D eigenvalue weighted by Gasteiger charge is 2.25. The summed E-state index contributed by atoms with van der Waals surface area (Å²) < 4.78 is 6.96. The summed E-state index contributed by atoms with van der Waals surface area (Å²) in [7, 11) is 3.52. The quantitative estimate of drug-likeness (QED) is 0.386. The number of carbonyl (C=O) groups excluding carboxylic acids is 1. The van der Waals surface area contributed by atoms with Crippen LogP contribution in [-0.2, 0) is 6.54 Å². The van der Waals surface area contributed by atoms with Gasteiger partial charge in [-0.05, 0) is 23.8 Å². The molecule has 9 nitrogen and oxygen atoms in total. The first-order valence-corrected chi connectivity index (χ1v) is 10.7. The summed E-state index contributed by atoms with van der Waals surface area (Å²) in [6.45, 7) is 0.583. The van der Waals surface area contributed by atoms with Crippen LogP contribution in [0.4, 0.5) is 11.4 Å². The zero-order valence-electron chi connectivity index (χ0n) is 18.8. The van der Waals surface area contributed by atoms with Gasteiger partial charge in [0.05, 0.1) is 19.0 Å². The summed E-state index contributed by atoms with van der Waals surface area (Å²) in [6.07, 6.45) is 5.20. The lowest BCUT2D eigenvalue weighted by molar-refractivity contribution is 0.102. The Kier molecular flexibility index (Phi) is 5.65. The highest BCUT2D eigenvalue weighted by atomic mass is 16.5. The van der Waals surface area contributed by atoms with E-state index in [2.05, 4.69) is 20.5 Å². The number of aromatic amines is 1. The molecule has 0 aliphatic carbocycles. The second-order valence-corrected chi connectivity index (χ2v) is 7.78. The molecule has 5 rings (SSSR count). The third kappa shape index (κ3) is 4.06. The van der Waals surface area contributed by atoms with Crippen LogP contribution in [0.5, 0.6) is 5.75 Å². The molecule has 2 N–H and O–H groups in total. The van der Waals surface area contributed by atoms with Gasteiger partial charge in [0.25, 0.3) is 5.91 Å². The zero-order chi connectivity index (χ0) is 23.5. The molecule has 1 amide bonds. The van der Waals surface area contributed by atoms with Crippen molar-refractivity contribution in [3.63, 3.8) is 0 Å². The van der Waals surface area contributed by atoms with Gasteiger partial charge in [0.15, 0.2) is 11.3 Å².